The summed E-state index contributed by atoms with van der Waals surface area (Å²) in [4.78, 5) is 16.0. The zero-order valence-corrected chi connectivity index (χ0v) is 17.2. The van der Waals surface area contributed by atoms with Crippen LogP contribution in [0.25, 0.3) is 0 Å². The molecule has 3 aromatic rings. The van der Waals surface area contributed by atoms with Gasteiger partial charge in [-0.15, -0.1) is 0 Å². The molecule has 1 saturated heterocycles. The van der Waals surface area contributed by atoms with Crippen LogP contribution in [0.15, 0.2) is 78.9 Å². The average Bonchev–Trinajstić information content (AvgIpc) is 3.36. The van der Waals surface area contributed by atoms with Crippen molar-refractivity contribution in [1.29, 1.82) is 0 Å². The van der Waals surface area contributed by atoms with Gasteiger partial charge in [-0.3, -0.25) is 9.69 Å². The van der Waals surface area contributed by atoms with Crippen LogP contribution in [-0.4, -0.2) is 31.0 Å². The number of ether oxygens (including phenoxy) is 1. The fraction of sp³-hybridized carbons (Fsp3) is 0.269. The van der Waals surface area contributed by atoms with E-state index < -0.39 is 5.41 Å². The molecule has 4 nitrogen and oxygen atoms in total. The highest BCUT2D eigenvalue weighted by molar-refractivity contribution is 6.09. The maximum Gasteiger partial charge on any atom is 0.239 e. The molecule has 2 atom stereocenters. The first-order chi connectivity index (χ1) is 14.7. The van der Waals surface area contributed by atoms with Gasteiger partial charge in [0.2, 0.25) is 5.91 Å². The van der Waals surface area contributed by atoms with Crippen molar-refractivity contribution in [2.75, 3.05) is 25.5 Å². The van der Waals surface area contributed by atoms with Crippen LogP contribution in [0, 0.1) is 5.92 Å². The third-order valence-electron chi connectivity index (χ3n) is 6.61. The van der Waals surface area contributed by atoms with Gasteiger partial charge >= 0.3 is 0 Å². The number of likely N-dealkylation sites (tertiary alicyclic amines) is 1. The van der Waals surface area contributed by atoms with E-state index in [9.17, 15) is 4.79 Å². The number of fused-ring (bicyclic) bond motifs is 1. The van der Waals surface area contributed by atoms with Crippen molar-refractivity contribution in [3.63, 3.8) is 0 Å². The molecular weight excluding hydrogens is 372 g/mol. The van der Waals surface area contributed by atoms with Crippen molar-refractivity contribution in [2.24, 2.45) is 5.92 Å². The molecular formula is C26H26N2O2. The molecule has 0 spiro atoms. The fourth-order valence-corrected chi connectivity index (χ4v) is 5.27. The van der Waals surface area contributed by atoms with E-state index in [1.54, 1.807) is 7.11 Å². The number of anilines is 1. The van der Waals surface area contributed by atoms with E-state index in [0.29, 0.717) is 0 Å². The second-order valence-corrected chi connectivity index (χ2v) is 8.25. The van der Waals surface area contributed by atoms with Crippen molar-refractivity contribution >= 4 is 11.6 Å². The number of para-hydroxylation sites is 1. The van der Waals surface area contributed by atoms with Gasteiger partial charge in [0.25, 0.3) is 0 Å². The zero-order valence-electron chi connectivity index (χ0n) is 17.2. The maximum absolute atomic E-state index is 13.5. The highest BCUT2D eigenvalue weighted by Crippen LogP contribution is 2.50. The molecule has 3 aromatic carbocycles. The minimum Gasteiger partial charge on any atom is -0.497 e. The Morgan fingerprint density at radius 2 is 1.83 bits per heavy atom. The molecule has 0 bridgehead atoms. The fourth-order valence-electron chi connectivity index (χ4n) is 5.27. The number of nitrogens with zero attached hydrogens (tertiary/aromatic N) is 1. The smallest absolute Gasteiger partial charge is 0.239 e. The third-order valence-corrected chi connectivity index (χ3v) is 6.61. The Morgan fingerprint density at radius 1 is 1.03 bits per heavy atom. The molecule has 0 radical (unpaired) electrons. The molecule has 152 valence electrons. The zero-order chi connectivity index (χ0) is 20.6. The highest BCUT2D eigenvalue weighted by atomic mass is 16.5. The topological polar surface area (TPSA) is 41.6 Å². The maximum atomic E-state index is 13.5. The van der Waals surface area contributed by atoms with Crippen LogP contribution in [0.3, 0.4) is 0 Å². The predicted octanol–water partition coefficient (Wildman–Crippen LogP) is 4.46. The highest BCUT2D eigenvalue weighted by Gasteiger charge is 2.54. The van der Waals surface area contributed by atoms with Crippen LogP contribution in [0.2, 0.25) is 0 Å². The molecule has 30 heavy (non-hydrogen) atoms. The summed E-state index contributed by atoms with van der Waals surface area (Å²) in [5.74, 6) is 1.20. The van der Waals surface area contributed by atoms with Gasteiger partial charge in [0.05, 0.1) is 7.11 Å². The SMILES string of the molecule is COc1cccc(CN2CC[C@@H](C3(c4ccccc4)C(=O)Nc4ccccc43)C2)c1. The Kier molecular flexibility index (Phi) is 4.80. The summed E-state index contributed by atoms with van der Waals surface area (Å²) < 4.78 is 5.38. The van der Waals surface area contributed by atoms with Crippen LogP contribution in [0.1, 0.15) is 23.1 Å². The van der Waals surface area contributed by atoms with E-state index in [0.717, 1.165) is 48.6 Å². The van der Waals surface area contributed by atoms with Crippen molar-refractivity contribution in [3.05, 3.63) is 95.6 Å². The van der Waals surface area contributed by atoms with Crippen LogP contribution >= 0.6 is 0 Å². The van der Waals surface area contributed by atoms with Gasteiger partial charge < -0.3 is 10.1 Å². The number of rotatable bonds is 5. The van der Waals surface area contributed by atoms with Crippen molar-refractivity contribution in [3.8, 4) is 5.75 Å². The van der Waals surface area contributed by atoms with E-state index >= 15 is 0 Å². The van der Waals surface area contributed by atoms with E-state index in [1.165, 1.54) is 5.56 Å². The molecule has 0 aromatic heterocycles. The van der Waals surface area contributed by atoms with Crippen LogP contribution in [0.5, 0.6) is 5.75 Å². The Balaban J connectivity index is 1.49. The van der Waals surface area contributed by atoms with Crippen molar-refractivity contribution in [1.82, 2.24) is 4.90 Å². The van der Waals surface area contributed by atoms with Crippen LogP contribution in [-0.2, 0) is 16.8 Å². The predicted molar refractivity (Wildman–Crippen MR) is 119 cm³/mol. The minimum atomic E-state index is -0.638. The normalized spacial score (nSPS) is 23.2. The molecule has 2 aliphatic heterocycles. The lowest BCUT2D eigenvalue weighted by Crippen LogP contribution is -2.44. The van der Waals surface area contributed by atoms with Gasteiger partial charge in [0.1, 0.15) is 11.2 Å². The first-order valence-electron chi connectivity index (χ1n) is 10.5. The average molecular weight is 399 g/mol. The lowest BCUT2D eigenvalue weighted by atomic mass is 9.66. The molecule has 0 saturated carbocycles. The molecule has 1 amide bonds. The number of methoxy groups -OCH3 is 1. The standard InChI is InChI=1S/C26H26N2O2/c1-30-22-11-7-8-19(16-22)17-28-15-14-21(18-28)26(20-9-3-2-4-10-20)23-12-5-6-13-24(23)27-25(26)29/h2-13,16,21H,14-15,17-18H2,1H3,(H,27,29)/t21-,26?/m1/s1. The number of carbonyl (C=O) groups is 1. The summed E-state index contributed by atoms with van der Waals surface area (Å²) in [5.41, 5.74) is 3.73. The Bertz CT molecular complexity index is 1070. The first-order valence-corrected chi connectivity index (χ1v) is 10.5. The Hall–Kier alpha value is -3.11. The van der Waals surface area contributed by atoms with Crippen molar-refractivity contribution in [2.45, 2.75) is 18.4 Å². The van der Waals surface area contributed by atoms with E-state index in [4.69, 9.17) is 4.74 Å². The summed E-state index contributed by atoms with van der Waals surface area (Å²) in [6, 6.07) is 26.7. The summed E-state index contributed by atoms with van der Waals surface area (Å²) in [6.07, 6.45) is 0.987. The van der Waals surface area contributed by atoms with E-state index in [-0.39, 0.29) is 11.8 Å². The molecule has 2 aliphatic rings. The lowest BCUT2D eigenvalue weighted by Gasteiger charge is -2.34. The van der Waals surface area contributed by atoms with Gasteiger partial charge in [0.15, 0.2) is 0 Å². The largest absolute Gasteiger partial charge is 0.497 e. The molecule has 1 unspecified atom stereocenters. The molecule has 0 aliphatic carbocycles. The minimum absolute atomic E-state index is 0.100. The van der Waals surface area contributed by atoms with Crippen molar-refractivity contribution < 1.29 is 9.53 Å². The molecule has 1 fully saturated rings. The number of hydrogen-bond donors (Lipinski definition) is 1. The summed E-state index contributed by atoms with van der Waals surface area (Å²) in [7, 11) is 1.70. The third kappa shape index (κ3) is 2.99. The molecule has 2 heterocycles. The van der Waals surface area contributed by atoms with Crippen LogP contribution < -0.4 is 10.1 Å². The van der Waals surface area contributed by atoms with Gasteiger partial charge in [-0.25, -0.2) is 0 Å². The molecule has 1 N–H and O–H groups in total. The lowest BCUT2D eigenvalue weighted by molar-refractivity contribution is -0.121. The Labute approximate surface area is 177 Å². The number of carbonyl (C=O) groups excluding carboxylic acids is 1. The number of hydrogen-bond acceptors (Lipinski definition) is 3. The van der Waals surface area contributed by atoms with E-state index in [2.05, 4.69) is 40.5 Å². The quantitative estimate of drug-likeness (QED) is 0.690. The monoisotopic (exact) mass is 398 g/mol. The molecule has 5 rings (SSSR count). The molecule has 4 heteroatoms. The van der Waals surface area contributed by atoms with Gasteiger partial charge in [-0.05, 0) is 53.8 Å². The van der Waals surface area contributed by atoms with Gasteiger partial charge in [0, 0.05) is 18.8 Å². The summed E-state index contributed by atoms with van der Waals surface area (Å²) in [5, 5.41) is 3.17. The number of nitrogens with one attached hydrogen (secondary N) is 1. The summed E-state index contributed by atoms with van der Waals surface area (Å²) >= 11 is 0. The van der Waals surface area contributed by atoms with Gasteiger partial charge in [-0.1, -0.05) is 60.7 Å². The second-order valence-electron chi connectivity index (χ2n) is 8.25. The number of benzene rings is 3. The second kappa shape index (κ2) is 7.62. The number of amides is 1. The first kappa shape index (κ1) is 18.9. The van der Waals surface area contributed by atoms with Crippen LogP contribution in [0.4, 0.5) is 5.69 Å². The Morgan fingerprint density at radius 3 is 2.67 bits per heavy atom. The van der Waals surface area contributed by atoms with Gasteiger partial charge in [-0.2, -0.15) is 0 Å². The summed E-state index contributed by atoms with van der Waals surface area (Å²) in [6.45, 7) is 2.72. The van der Waals surface area contributed by atoms with E-state index in [1.807, 2.05) is 48.5 Å².